The Morgan fingerprint density at radius 2 is 1.88 bits per heavy atom. The normalized spacial score (nSPS) is 21.1. The molecule has 1 fully saturated rings. The van der Waals surface area contributed by atoms with Crippen LogP contribution in [0.1, 0.15) is 55.1 Å². The van der Waals surface area contributed by atoms with E-state index in [1.165, 1.54) is 32.1 Å². The maximum Gasteiger partial charge on any atom is 0.137 e. The summed E-state index contributed by atoms with van der Waals surface area (Å²) in [5.41, 5.74) is 2.21. The van der Waals surface area contributed by atoms with Crippen molar-refractivity contribution in [3.05, 3.63) is 22.2 Å². The van der Waals surface area contributed by atoms with E-state index in [-0.39, 0.29) is 0 Å². The van der Waals surface area contributed by atoms with Crippen LogP contribution in [0, 0.1) is 0 Å². The Kier molecular flexibility index (Phi) is 2.82. The maximum atomic E-state index is 6.20. The predicted octanol–water partition coefficient (Wildman–Crippen LogP) is 2.78. The summed E-state index contributed by atoms with van der Waals surface area (Å²) in [6, 6.07) is 0. The molecule has 1 saturated carbocycles. The summed E-state index contributed by atoms with van der Waals surface area (Å²) in [4.78, 5) is 9.16. The van der Waals surface area contributed by atoms with E-state index in [1.54, 1.807) is 0 Å². The van der Waals surface area contributed by atoms with Crippen LogP contribution < -0.4 is 5.32 Å². The molecule has 0 spiro atoms. The molecule has 16 heavy (non-hydrogen) atoms. The molecule has 0 atom stereocenters. The van der Waals surface area contributed by atoms with Crippen molar-refractivity contribution in [2.45, 2.75) is 51.1 Å². The molecule has 0 aromatic carbocycles. The summed E-state index contributed by atoms with van der Waals surface area (Å²) in [6.45, 7) is 1.66. The second kappa shape index (κ2) is 4.30. The van der Waals surface area contributed by atoms with E-state index in [2.05, 4.69) is 15.3 Å². The van der Waals surface area contributed by atoms with Gasteiger partial charge in [-0.2, -0.15) is 0 Å². The van der Waals surface area contributed by atoms with Gasteiger partial charge in [0.25, 0.3) is 0 Å². The van der Waals surface area contributed by atoms with Crippen LogP contribution in [0.15, 0.2) is 0 Å². The Hall–Kier alpha value is -0.670. The van der Waals surface area contributed by atoms with Crippen molar-refractivity contribution in [2.24, 2.45) is 0 Å². The summed E-state index contributed by atoms with van der Waals surface area (Å²) in [5, 5.41) is 3.93. The monoisotopic (exact) mass is 237 g/mol. The van der Waals surface area contributed by atoms with E-state index < -0.39 is 0 Å². The molecule has 0 bridgehead atoms. The predicted molar refractivity (Wildman–Crippen MR) is 63.4 cm³/mol. The quantitative estimate of drug-likeness (QED) is 0.764. The third-order valence-electron chi connectivity index (χ3n) is 3.62. The van der Waals surface area contributed by atoms with Crippen molar-refractivity contribution in [1.82, 2.24) is 15.3 Å². The minimum absolute atomic E-state index is 0.539. The largest absolute Gasteiger partial charge is 0.307 e. The third-order valence-corrected chi connectivity index (χ3v) is 3.94. The molecule has 86 valence electrons. The van der Waals surface area contributed by atoms with Crippen LogP contribution in [0.3, 0.4) is 0 Å². The molecule has 1 aromatic heterocycles. The van der Waals surface area contributed by atoms with Gasteiger partial charge in [0.05, 0.1) is 5.69 Å². The number of aromatic nitrogens is 2. The Labute approximate surface area is 101 Å². The fraction of sp³-hybridized carbons (Fsp3) is 0.667. The van der Waals surface area contributed by atoms with E-state index in [0.717, 1.165) is 30.2 Å². The zero-order chi connectivity index (χ0) is 11.0. The molecule has 3 nitrogen and oxygen atoms in total. The highest BCUT2D eigenvalue weighted by Crippen LogP contribution is 2.32. The average molecular weight is 238 g/mol. The first kappa shape index (κ1) is 10.5. The van der Waals surface area contributed by atoms with Crippen LogP contribution in [-0.2, 0) is 13.1 Å². The van der Waals surface area contributed by atoms with Gasteiger partial charge in [0, 0.05) is 24.6 Å². The van der Waals surface area contributed by atoms with Gasteiger partial charge in [0.1, 0.15) is 11.0 Å². The molecule has 0 amide bonds. The van der Waals surface area contributed by atoms with Gasteiger partial charge in [-0.1, -0.05) is 30.9 Å². The average Bonchev–Trinajstić information content (AvgIpc) is 2.79. The minimum atomic E-state index is 0.539. The van der Waals surface area contributed by atoms with Crippen LogP contribution in [0.25, 0.3) is 0 Å². The molecule has 0 unspecified atom stereocenters. The third kappa shape index (κ3) is 1.82. The molecule has 1 N–H and O–H groups in total. The van der Waals surface area contributed by atoms with Gasteiger partial charge >= 0.3 is 0 Å². The molecular formula is C12H16ClN3. The lowest BCUT2D eigenvalue weighted by atomic mass is 9.88. The van der Waals surface area contributed by atoms with E-state index in [9.17, 15) is 0 Å². The van der Waals surface area contributed by atoms with Gasteiger partial charge in [-0.3, -0.25) is 0 Å². The number of fused-ring (bicyclic) bond motifs is 1. The van der Waals surface area contributed by atoms with E-state index >= 15 is 0 Å². The Bertz CT molecular complexity index is 399. The first-order valence-corrected chi connectivity index (χ1v) is 6.48. The molecular weight excluding hydrogens is 222 g/mol. The van der Waals surface area contributed by atoms with Crippen molar-refractivity contribution >= 4 is 11.6 Å². The van der Waals surface area contributed by atoms with Crippen LogP contribution in [0.5, 0.6) is 0 Å². The Morgan fingerprint density at radius 1 is 1.06 bits per heavy atom. The lowest BCUT2D eigenvalue weighted by Gasteiger charge is -2.20. The molecule has 1 aliphatic carbocycles. The SMILES string of the molecule is Clc1nc(C2CCCCC2)nc2c1CNC2. The highest BCUT2D eigenvalue weighted by atomic mass is 35.5. The topological polar surface area (TPSA) is 37.8 Å². The number of nitrogens with zero attached hydrogens (tertiary/aromatic N) is 2. The van der Waals surface area contributed by atoms with Crippen molar-refractivity contribution in [1.29, 1.82) is 0 Å². The van der Waals surface area contributed by atoms with Gasteiger partial charge in [0.2, 0.25) is 0 Å². The number of nitrogens with one attached hydrogen (secondary N) is 1. The molecule has 1 aromatic rings. The number of rotatable bonds is 1. The van der Waals surface area contributed by atoms with E-state index in [4.69, 9.17) is 11.6 Å². The van der Waals surface area contributed by atoms with Crippen LogP contribution in [-0.4, -0.2) is 9.97 Å². The van der Waals surface area contributed by atoms with Gasteiger partial charge < -0.3 is 5.32 Å². The highest BCUT2D eigenvalue weighted by molar-refractivity contribution is 6.30. The number of hydrogen-bond acceptors (Lipinski definition) is 3. The van der Waals surface area contributed by atoms with Crippen molar-refractivity contribution in [2.75, 3.05) is 0 Å². The maximum absolute atomic E-state index is 6.20. The highest BCUT2D eigenvalue weighted by Gasteiger charge is 2.23. The van der Waals surface area contributed by atoms with Crippen LogP contribution in [0.4, 0.5) is 0 Å². The molecule has 4 heteroatoms. The fourth-order valence-electron chi connectivity index (χ4n) is 2.69. The molecule has 1 aliphatic heterocycles. The Morgan fingerprint density at radius 3 is 2.69 bits per heavy atom. The summed E-state index contributed by atoms with van der Waals surface area (Å²) in [6.07, 6.45) is 6.42. The van der Waals surface area contributed by atoms with Gasteiger partial charge in [-0.25, -0.2) is 9.97 Å². The fourth-order valence-corrected chi connectivity index (χ4v) is 2.95. The molecule has 0 saturated heterocycles. The zero-order valence-corrected chi connectivity index (χ0v) is 10.1. The smallest absolute Gasteiger partial charge is 0.137 e. The van der Waals surface area contributed by atoms with Crippen molar-refractivity contribution in [3.63, 3.8) is 0 Å². The van der Waals surface area contributed by atoms with Crippen LogP contribution >= 0.6 is 11.6 Å². The second-order valence-electron chi connectivity index (χ2n) is 4.74. The van der Waals surface area contributed by atoms with Crippen molar-refractivity contribution < 1.29 is 0 Å². The molecule has 2 aliphatic rings. The van der Waals surface area contributed by atoms with E-state index in [1.807, 2.05) is 0 Å². The van der Waals surface area contributed by atoms with Gasteiger partial charge in [0.15, 0.2) is 0 Å². The lowest BCUT2D eigenvalue weighted by molar-refractivity contribution is 0.427. The molecule has 3 rings (SSSR count). The van der Waals surface area contributed by atoms with Crippen molar-refractivity contribution in [3.8, 4) is 0 Å². The standard InChI is InChI=1S/C12H16ClN3/c13-11-9-6-14-7-10(9)15-12(16-11)8-4-2-1-3-5-8/h8,14H,1-7H2. The number of hydrogen-bond donors (Lipinski definition) is 1. The summed E-state index contributed by atoms with van der Waals surface area (Å²) in [5.74, 6) is 1.52. The second-order valence-corrected chi connectivity index (χ2v) is 5.09. The zero-order valence-electron chi connectivity index (χ0n) is 9.30. The molecule has 2 heterocycles. The first-order chi connectivity index (χ1) is 7.84. The van der Waals surface area contributed by atoms with Gasteiger partial charge in [-0.15, -0.1) is 0 Å². The lowest BCUT2D eigenvalue weighted by Crippen LogP contribution is -2.10. The van der Waals surface area contributed by atoms with E-state index in [0.29, 0.717) is 11.1 Å². The van der Waals surface area contributed by atoms with Crippen LogP contribution in [0.2, 0.25) is 5.15 Å². The minimum Gasteiger partial charge on any atom is -0.307 e. The summed E-state index contributed by atoms with van der Waals surface area (Å²) in [7, 11) is 0. The molecule has 0 radical (unpaired) electrons. The Balaban J connectivity index is 1.92. The first-order valence-electron chi connectivity index (χ1n) is 6.10. The number of halogens is 1. The van der Waals surface area contributed by atoms with Gasteiger partial charge in [-0.05, 0) is 12.8 Å². The summed E-state index contributed by atoms with van der Waals surface area (Å²) < 4.78 is 0. The summed E-state index contributed by atoms with van der Waals surface area (Å²) >= 11 is 6.20.